The number of hydrogen-bond acceptors (Lipinski definition) is 3. The highest BCUT2D eigenvalue weighted by Crippen LogP contribution is 2.17. The molecule has 1 aliphatic heterocycles. The zero-order valence-electron chi connectivity index (χ0n) is 8.03. The van der Waals surface area contributed by atoms with Crippen LogP contribution in [0.5, 0.6) is 5.75 Å². The molecule has 3 heteroatoms. The van der Waals surface area contributed by atoms with Crippen molar-refractivity contribution in [2.24, 2.45) is 0 Å². The second-order valence-corrected chi connectivity index (χ2v) is 3.36. The van der Waals surface area contributed by atoms with E-state index in [1.807, 2.05) is 12.1 Å². The maximum atomic E-state index is 11.1. The molecule has 0 saturated carbocycles. The first kappa shape index (κ1) is 9.21. The molecule has 1 saturated heterocycles. The number of rotatable bonds is 3. The Hall–Kier alpha value is -1.35. The fraction of sp³-hybridized carbons (Fsp3) is 0.364. The van der Waals surface area contributed by atoms with Crippen LogP contribution < -0.4 is 4.74 Å². The molecule has 0 atom stereocenters. The lowest BCUT2D eigenvalue weighted by Gasteiger charge is -2.26. The molecule has 1 aliphatic rings. The molecule has 0 amide bonds. The molecule has 0 unspecified atom stereocenters. The van der Waals surface area contributed by atoms with Gasteiger partial charge in [0, 0.05) is 5.56 Å². The number of ketones is 1. The third kappa shape index (κ3) is 1.93. The van der Waals surface area contributed by atoms with E-state index in [2.05, 4.69) is 0 Å². The van der Waals surface area contributed by atoms with Gasteiger partial charge in [-0.15, -0.1) is 0 Å². The highest BCUT2D eigenvalue weighted by molar-refractivity contribution is 5.94. The van der Waals surface area contributed by atoms with Crippen LogP contribution in [0, 0.1) is 0 Å². The SMILES string of the molecule is CC(=O)c1cccc(OC2COC2)c1. The van der Waals surface area contributed by atoms with E-state index in [-0.39, 0.29) is 11.9 Å². The van der Waals surface area contributed by atoms with Gasteiger partial charge in [0.1, 0.15) is 11.9 Å². The van der Waals surface area contributed by atoms with Crippen molar-refractivity contribution >= 4 is 5.78 Å². The lowest BCUT2D eigenvalue weighted by atomic mass is 10.1. The quantitative estimate of drug-likeness (QED) is 0.683. The maximum Gasteiger partial charge on any atom is 0.159 e. The number of carbonyl (C=O) groups excluding carboxylic acids is 1. The summed E-state index contributed by atoms with van der Waals surface area (Å²) in [6, 6.07) is 7.23. The summed E-state index contributed by atoms with van der Waals surface area (Å²) in [7, 11) is 0. The Morgan fingerprint density at radius 2 is 2.29 bits per heavy atom. The largest absolute Gasteiger partial charge is 0.486 e. The van der Waals surface area contributed by atoms with Crippen molar-refractivity contribution < 1.29 is 14.3 Å². The monoisotopic (exact) mass is 192 g/mol. The molecule has 2 rings (SSSR count). The van der Waals surface area contributed by atoms with Crippen LogP contribution in [0.15, 0.2) is 24.3 Å². The Kier molecular flexibility index (Phi) is 2.50. The number of benzene rings is 1. The first-order valence-electron chi connectivity index (χ1n) is 4.61. The zero-order chi connectivity index (χ0) is 9.97. The van der Waals surface area contributed by atoms with Crippen LogP contribution in [0.3, 0.4) is 0 Å². The van der Waals surface area contributed by atoms with Gasteiger partial charge in [-0.2, -0.15) is 0 Å². The van der Waals surface area contributed by atoms with Gasteiger partial charge < -0.3 is 9.47 Å². The van der Waals surface area contributed by atoms with Gasteiger partial charge in [-0.05, 0) is 19.1 Å². The predicted octanol–water partition coefficient (Wildman–Crippen LogP) is 1.67. The summed E-state index contributed by atoms with van der Waals surface area (Å²) >= 11 is 0. The minimum absolute atomic E-state index is 0.0558. The summed E-state index contributed by atoms with van der Waals surface area (Å²) < 4.78 is 10.6. The van der Waals surface area contributed by atoms with Crippen LogP contribution in [0.25, 0.3) is 0 Å². The lowest BCUT2D eigenvalue weighted by Crippen LogP contribution is -2.38. The van der Waals surface area contributed by atoms with E-state index in [0.717, 1.165) is 5.75 Å². The number of hydrogen-bond donors (Lipinski definition) is 0. The van der Waals surface area contributed by atoms with E-state index in [1.165, 1.54) is 0 Å². The van der Waals surface area contributed by atoms with E-state index in [0.29, 0.717) is 18.8 Å². The van der Waals surface area contributed by atoms with Crippen LogP contribution >= 0.6 is 0 Å². The highest BCUT2D eigenvalue weighted by Gasteiger charge is 2.20. The average Bonchev–Trinajstić information content (AvgIpc) is 2.12. The van der Waals surface area contributed by atoms with Gasteiger partial charge in [-0.25, -0.2) is 0 Å². The predicted molar refractivity (Wildman–Crippen MR) is 51.7 cm³/mol. The van der Waals surface area contributed by atoms with Gasteiger partial charge in [-0.3, -0.25) is 4.79 Å². The molecule has 1 fully saturated rings. The molecule has 1 heterocycles. The molecular formula is C11H12O3. The van der Waals surface area contributed by atoms with Crippen molar-refractivity contribution in [3.63, 3.8) is 0 Å². The summed E-state index contributed by atoms with van der Waals surface area (Å²) in [5.41, 5.74) is 0.683. The van der Waals surface area contributed by atoms with Crippen molar-refractivity contribution in [3.8, 4) is 5.75 Å². The topological polar surface area (TPSA) is 35.5 Å². The van der Waals surface area contributed by atoms with Crippen LogP contribution in [0.2, 0.25) is 0 Å². The molecule has 74 valence electrons. The van der Waals surface area contributed by atoms with Gasteiger partial charge in [0.2, 0.25) is 0 Å². The number of ether oxygens (including phenoxy) is 2. The summed E-state index contributed by atoms with van der Waals surface area (Å²) in [6.07, 6.45) is 0.150. The third-order valence-electron chi connectivity index (χ3n) is 2.15. The first-order valence-corrected chi connectivity index (χ1v) is 4.61. The van der Waals surface area contributed by atoms with E-state index in [4.69, 9.17) is 9.47 Å². The molecule has 1 aromatic rings. The van der Waals surface area contributed by atoms with Crippen molar-refractivity contribution in [3.05, 3.63) is 29.8 Å². The molecular weight excluding hydrogens is 180 g/mol. The Morgan fingerprint density at radius 1 is 1.50 bits per heavy atom. The standard InChI is InChI=1S/C11H12O3/c1-8(12)9-3-2-4-10(5-9)14-11-6-13-7-11/h2-5,11H,6-7H2,1H3. The van der Waals surface area contributed by atoms with Crippen molar-refractivity contribution in [2.75, 3.05) is 13.2 Å². The Morgan fingerprint density at radius 3 is 2.86 bits per heavy atom. The molecule has 0 aliphatic carbocycles. The highest BCUT2D eigenvalue weighted by atomic mass is 16.6. The minimum Gasteiger partial charge on any atom is -0.486 e. The smallest absolute Gasteiger partial charge is 0.159 e. The number of Topliss-reactive ketones (excluding diaryl/α,β-unsaturated/α-hetero) is 1. The molecule has 14 heavy (non-hydrogen) atoms. The fourth-order valence-corrected chi connectivity index (χ4v) is 1.26. The van der Waals surface area contributed by atoms with Crippen LogP contribution in [0.4, 0.5) is 0 Å². The maximum absolute atomic E-state index is 11.1. The van der Waals surface area contributed by atoms with Gasteiger partial charge in [0.05, 0.1) is 13.2 Å². The van der Waals surface area contributed by atoms with Crippen LogP contribution in [-0.4, -0.2) is 25.1 Å². The third-order valence-corrected chi connectivity index (χ3v) is 2.15. The Labute approximate surface area is 82.6 Å². The summed E-state index contributed by atoms with van der Waals surface area (Å²) in [5.74, 6) is 0.798. The summed E-state index contributed by atoms with van der Waals surface area (Å²) in [4.78, 5) is 11.1. The molecule has 0 bridgehead atoms. The van der Waals surface area contributed by atoms with E-state index < -0.39 is 0 Å². The lowest BCUT2D eigenvalue weighted by molar-refractivity contribution is -0.0796. The van der Waals surface area contributed by atoms with E-state index >= 15 is 0 Å². The normalized spacial score (nSPS) is 16.1. The fourth-order valence-electron chi connectivity index (χ4n) is 1.26. The Balaban J connectivity index is 2.09. The minimum atomic E-state index is 0.0558. The molecule has 0 N–H and O–H groups in total. The van der Waals surface area contributed by atoms with E-state index in [9.17, 15) is 4.79 Å². The zero-order valence-corrected chi connectivity index (χ0v) is 8.03. The van der Waals surface area contributed by atoms with Crippen molar-refractivity contribution in [1.29, 1.82) is 0 Å². The summed E-state index contributed by atoms with van der Waals surface area (Å²) in [6.45, 7) is 2.83. The number of carbonyl (C=O) groups is 1. The average molecular weight is 192 g/mol. The molecule has 0 aromatic heterocycles. The van der Waals surface area contributed by atoms with Crippen molar-refractivity contribution in [2.45, 2.75) is 13.0 Å². The second-order valence-electron chi connectivity index (χ2n) is 3.36. The molecule has 3 nitrogen and oxygen atoms in total. The van der Waals surface area contributed by atoms with Crippen molar-refractivity contribution in [1.82, 2.24) is 0 Å². The first-order chi connectivity index (χ1) is 6.75. The van der Waals surface area contributed by atoms with Gasteiger partial charge in [0.25, 0.3) is 0 Å². The van der Waals surface area contributed by atoms with Gasteiger partial charge in [0.15, 0.2) is 5.78 Å². The second kappa shape index (κ2) is 3.80. The molecule has 0 radical (unpaired) electrons. The van der Waals surface area contributed by atoms with Gasteiger partial charge in [-0.1, -0.05) is 12.1 Å². The molecule has 1 aromatic carbocycles. The van der Waals surface area contributed by atoms with E-state index in [1.54, 1.807) is 19.1 Å². The summed E-state index contributed by atoms with van der Waals surface area (Å²) in [5, 5.41) is 0. The van der Waals surface area contributed by atoms with Gasteiger partial charge >= 0.3 is 0 Å². The molecule has 0 spiro atoms. The van der Waals surface area contributed by atoms with Crippen LogP contribution in [-0.2, 0) is 4.74 Å². The van der Waals surface area contributed by atoms with Crippen LogP contribution in [0.1, 0.15) is 17.3 Å². The Bertz CT molecular complexity index is 342.